The zero-order valence-corrected chi connectivity index (χ0v) is 51.0. The molecular weight excluding hydrogens is 1060 g/mol. The number of likely N-dealkylation sites (tertiary alicyclic amines) is 2. The number of nitrogens with zero attached hydrogens (tertiary/aromatic N) is 4. The molecule has 4 heterocycles. The molecule has 4 fully saturated rings. The van der Waals surface area contributed by atoms with Crippen molar-refractivity contribution in [2.75, 3.05) is 33.8 Å². The van der Waals surface area contributed by atoms with Gasteiger partial charge in [0.1, 0.15) is 53.2 Å². The molecule has 458 valence electrons. The first-order chi connectivity index (χ1) is 38.3. The number of aliphatic hydroxyl groups is 1. The number of hydrogen-bond donors (Lipinski definition) is 4. The Balaban J connectivity index is 1.62. The Kier molecular flexibility index (Phi) is 22.9. The molecule has 0 unspecified atom stereocenters. The van der Waals surface area contributed by atoms with Crippen LogP contribution in [0.25, 0.3) is 0 Å². The van der Waals surface area contributed by atoms with Crippen LogP contribution in [0.5, 0.6) is 5.75 Å². The molecule has 0 aromatic heterocycles. The Bertz CT molecular complexity index is 2480. The summed E-state index contributed by atoms with van der Waals surface area (Å²) < 4.78 is 23.1. The number of esters is 2. The second-order valence-electron chi connectivity index (χ2n) is 25.2. The highest BCUT2D eigenvalue weighted by molar-refractivity contribution is 6.05. The van der Waals surface area contributed by atoms with E-state index in [1.807, 2.05) is 27.7 Å². The number of ketones is 1. The van der Waals surface area contributed by atoms with Crippen LogP contribution in [0.2, 0.25) is 0 Å². The van der Waals surface area contributed by atoms with Crippen molar-refractivity contribution in [1.82, 2.24) is 35.6 Å². The van der Waals surface area contributed by atoms with Crippen molar-refractivity contribution < 1.29 is 72.0 Å². The minimum absolute atomic E-state index is 0.0908. The molecular formula is C60H93N7O15. The highest BCUT2D eigenvalue weighted by Crippen LogP contribution is 2.41. The molecule has 22 nitrogen and oxygen atoms in total. The molecule has 4 aliphatic heterocycles. The lowest BCUT2D eigenvalue weighted by atomic mass is 9.91. The lowest BCUT2D eigenvalue weighted by Crippen LogP contribution is -2.62. The first-order valence-corrected chi connectivity index (χ1v) is 29.4. The number of cyclic esters (lactones) is 2. The highest BCUT2D eigenvalue weighted by atomic mass is 16.6. The number of hydrogen-bond acceptors (Lipinski definition) is 15. The Morgan fingerprint density at radius 1 is 0.854 bits per heavy atom. The number of rotatable bonds is 13. The van der Waals surface area contributed by atoms with Crippen molar-refractivity contribution in [2.24, 2.45) is 29.6 Å². The molecule has 4 aliphatic rings. The predicted molar refractivity (Wildman–Crippen MR) is 302 cm³/mol. The van der Waals surface area contributed by atoms with Gasteiger partial charge in [-0.05, 0) is 121 Å². The summed E-state index contributed by atoms with van der Waals surface area (Å²) in [5.41, 5.74) is -1.54. The second kappa shape index (κ2) is 28.3. The van der Waals surface area contributed by atoms with Gasteiger partial charge in [-0.2, -0.15) is 0 Å². The van der Waals surface area contributed by atoms with E-state index < -0.39 is 149 Å². The number of likely N-dealkylation sites (N-methyl/N-ethyl adjacent to an activating group) is 1. The van der Waals surface area contributed by atoms with Crippen LogP contribution in [0, 0.1) is 29.6 Å². The van der Waals surface area contributed by atoms with E-state index in [0.29, 0.717) is 37.0 Å². The Labute approximate surface area is 484 Å². The van der Waals surface area contributed by atoms with Gasteiger partial charge in [-0.3, -0.25) is 43.3 Å². The summed E-state index contributed by atoms with van der Waals surface area (Å²) in [6, 6.07) is -1.03. The number of carbonyl (C=O) groups is 10. The lowest BCUT2D eigenvalue weighted by Gasteiger charge is -2.37. The minimum Gasteiger partial charge on any atom is -0.497 e. The molecule has 1 aromatic rings. The Morgan fingerprint density at radius 3 is 2.10 bits per heavy atom. The van der Waals surface area contributed by atoms with Gasteiger partial charge in [-0.25, -0.2) is 9.59 Å². The number of amides is 7. The number of carbonyl (C=O) groups excluding carboxylic acids is 10. The number of aliphatic hydroxyl groups excluding tert-OH is 1. The largest absolute Gasteiger partial charge is 0.497 e. The van der Waals surface area contributed by atoms with E-state index in [9.17, 15) is 38.7 Å². The van der Waals surface area contributed by atoms with Gasteiger partial charge >= 0.3 is 18.0 Å². The van der Waals surface area contributed by atoms with Gasteiger partial charge in [0, 0.05) is 33.1 Å². The fraction of sp³-hybridized carbons (Fsp3) is 0.733. The van der Waals surface area contributed by atoms with E-state index in [1.165, 1.54) is 47.6 Å². The van der Waals surface area contributed by atoms with Gasteiger partial charge in [0.05, 0.1) is 31.6 Å². The van der Waals surface area contributed by atoms with E-state index in [0.717, 1.165) is 0 Å². The zero-order chi connectivity index (χ0) is 61.3. The molecule has 12 atom stereocenters. The Hall–Kier alpha value is -6.32. The van der Waals surface area contributed by atoms with Crippen LogP contribution in [0.3, 0.4) is 0 Å². The molecule has 4 saturated heterocycles. The van der Waals surface area contributed by atoms with Crippen LogP contribution >= 0.6 is 0 Å². The summed E-state index contributed by atoms with van der Waals surface area (Å²) in [4.78, 5) is 151. The maximum absolute atomic E-state index is 15.1. The number of methoxy groups -OCH3 is 1. The molecule has 0 bridgehead atoms. The topological polar surface area (TPSA) is 277 Å². The van der Waals surface area contributed by atoms with Gasteiger partial charge < -0.3 is 54.7 Å². The maximum atomic E-state index is 15.1. The molecule has 82 heavy (non-hydrogen) atoms. The van der Waals surface area contributed by atoms with Crippen molar-refractivity contribution in [3.05, 3.63) is 29.8 Å². The fourth-order valence-electron chi connectivity index (χ4n) is 11.6. The van der Waals surface area contributed by atoms with Crippen LogP contribution in [-0.2, 0) is 63.8 Å². The van der Waals surface area contributed by atoms with Crippen molar-refractivity contribution >= 4 is 59.3 Å². The van der Waals surface area contributed by atoms with Gasteiger partial charge in [-0.1, -0.05) is 73.9 Å². The van der Waals surface area contributed by atoms with E-state index in [-0.39, 0.29) is 63.6 Å². The number of Topliss-reactive ketones (excluding diaryl/α,β-unsaturated/α-hetero) is 1. The Morgan fingerprint density at radius 2 is 1.51 bits per heavy atom. The molecule has 1 aromatic carbocycles. The third-order valence-electron chi connectivity index (χ3n) is 16.4. The number of ether oxygens (including phenoxy) is 4. The second-order valence-corrected chi connectivity index (χ2v) is 25.2. The first-order valence-electron chi connectivity index (χ1n) is 29.4. The van der Waals surface area contributed by atoms with Crippen LogP contribution in [-0.4, -0.2) is 183 Å². The third-order valence-corrected chi connectivity index (χ3v) is 16.4. The molecule has 7 amide bonds. The molecule has 0 radical (unpaired) electrons. The van der Waals surface area contributed by atoms with Crippen LogP contribution in [0.4, 0.5) is 4.79 Å². The third kappa shape index (κ3) is 16.1. The van der Waals surface area contributed by atoms with Crippen molar-refractivity contribution in [3.63, 3.8) is 0 Å². The van der Waals surface area contributed by atoms with E-state index in [1.54, 1.807) is 72.7 Å². The highest BCUT2D eigenvalue weighted by Gasteiger charge is 2.58. The van der Waals surface area contributed by atoms with Gasteiger partial charge in [0.15, 0.2) is 11.9 Å². The molecule has 1 spiro atoms. The molecule has 22 heteroatoms. The van der Waals surface area contributed by atoms with Gasteiger partial charge in [0.2, 0.25) is 35.4 Å². The lowest BCUT2D eigenvalue weighted by molar-refractivity contribution is -0.163. The molecule has 5 rings (SSSR count). The van der Waals surface area contributed by atoms with E-state index in [4.69, 9.17) is 18.9 Å². The SMILES string of the molecule is CC[C@H](C)[C@H]1NC(=O)[C@@H](NC(=O)[C@@H](CC(C)C)N2CC[C@]3(CCCN3C(=O)OC(C)(C)C)C2=O)[C@@H](C)OC(=O)[C@H](Cc2ccc(OC)cc2)N(C)C(=O)[C@@H]2CCCN2C(=O)[C@H](CC(C)C)NC(=O)[C@@H](C)C(=O)[C@H](C(C)C)OC(=O)C[C@@H]1O. The maximum Gasteiger partial charge on any atom is 0.411 e. The summed E-state index contributed by atoms with van der Waals surface area (Å²) in [5.74, 6) is -9.29. The summed E-state index contributed by atoms with van der Waals surface area (Å²) >= 11 is 0. The van der Waals surface area contributed by atoms with Crippen LogP contribution < -0.4 is 20.7 Å². The fourth-order valence-corrected chi connectivity index (χ4v) is 11.6. The molecule has 0 saturated carbocycles. The number of fused-ring (bicyclic) bond motifs is 1. The van der Waals surface area contributed by atoms with Crippen LogP contribution in [0.15, 0.2) is 24.3 Å². The van der Waals surface area contributed by atoms with Gasteiger partial charge in [0.25, 0.3) is 0 Å². The van der Waals surface area contributed by atoms with Crippen molar-refractivity contribution in [1.29, 1.82) is 0 Å². The smallest absolute Gasteiger partial charge is 0.411 e. The monoisotopic (exact) mass is 1150 g/mol. The summed E-state index contributed by atoms with van der Waals surface area (Å²) in [5, 5.41) is 20.3. The average Bonchev–Trinajstić information content (AvgIpc) is 4.05. The van der Waals surface area contributed by atoms with Crippen LogP contribution in [0.1, 0.15) is 153 Å². The normalized spacial score (nSPS) is 28.7. The number of benzene rings is 1. The first kappa shape index (κ1) is 66.5. The standard InChI is InChI=1S/C60H93N7O15/c1-16-36(8)47-45(68)32-46(69)81-50(35(6)7)49(70)37(9)51(71)61-41(29-33(2)3)54(74)65-26-17-19-42(65)55(75)64(14)44(31-39-20-22-40(79-15)23-21-39)56(76)80-38(10)48(53(73)62-47)63-52(72)43(30-34(4)5)66-28-25-60(57(66)77)24-18-27-67(60)58(78)82-59(11,12)13/h20-23,33-38,41-45,47-48,50,68H,16-19,24-32H2,1-15H3,(H,61,71)(H,62,73)(H,63,72)/t36-,37-,38+,41-,42-,43+,44-,45-,47+,48-,50-,60+/m0/s1. The summed E-state index contributed by atoms with van der Waals surface area (Å²) in [6.45, 7) is 22.6. The molecule has 0 aliphatic carbocycles. The van der Waals surface area contributed by atoms with Gasteiger partial charge in [-0.15, -0.1) is 0 Å². The molecule has 4 N–H and O–H groups in total. The van der Waals surface area contributed by atoms with Crippen molar-refractivity contribution in [2.45, 2.75) is 220 Å². The quantitative estimate of drug-likeness (QED) is 0.120. The van der Waals surface area contributed by atoms with Crippen molar-refractivity contribution in [3.8, 4) is 5.75 Å². The van der Waals surface area contributed by atoms with E-state index in [2.05, 4.69) is 16.0 Å². The van der Waals surface area contributed by atoms with E-state index >= 15 is 14.4 Å². The summed E-state index contributed by atoms with van der Waals surface area (Å²) in [6.07, 6.45) is -3.79. The zero-order valence-electron chi connectivity index (χ0n) is 51.0. The predicted octanol–water partition coefficient (Wildman–Crippen LogP) is 4.49. The summed E-state index contributed by atoms with van der Waals surface area (Å²) in [7, 11) is 2.91. The number of nitrogens with one attached hydrogen (secondary N) is 3. The average molecular weight is 1150 g/mol. The minimum atomic E-state index is -1.74.